The van der Waals surface area contributed by atoms with Crippen molar-refractivity contribution in [2.24, 2.45) is 12.0 Å². The molecule has 2 aromatic rings. The van der Waals surface area contributed by atoms with Crippen LogP contribution in [0.1, 0.15) is 52.1 Å². The van der Waals surface area contributed by atoms with Gasteiger partial charge in [-0.1, -0.05) is 12.1 Å². The van der Waals surface area contributed by atoms with Gasteiger partial charge in [-0.05, 0) is 50.8 Å². The highest BCUT2D eigenvalue weighted by molar-refractivity contribution is 5.94. The molecule has 1 aromatic carbocycles. The molecule has 1 aliphatic rings. The lowest BCUT2D eigenvalue weighted by molar-refractivity contribution is 0.0724. The molecule has 2 heterocycles. The SMILES string of the molecule is CN=C(NCc1ccc(C(=O)N2CCCCC2)cc1)NCc1c(C)nn(C)c1C. The molecule has 0 atom stereocenters. The van der Waals surface area contributed by atoms with Gasteiger partial charge in [0.25, 0.3) is 5.91 Å². The number of likely N-dealkylation sites (tertiary alicyclic amines) is 1. The van der Waals surface area contributed by atoms with Gasteiger partial charge in [-0.3, -0.25) is 14.5 Å². The van der Waals surface area contributed by atoms with Crippen LogP contribution >= 0.6 is 0 Å². The second-order valence-corrected chi connectivity index (χ2v) is 7.60. The van der Waals surface area contributed by atoms with Crippen molar-refractivity contribution in [1.82, 2.24) is 25.3 Å². The number of nitrogens with one attached hydrogen (secondary N) is 2. The van der Waals surface area contributed by atoms with Crippen LogP contribution < -0.4 is 10.6 Å². The van der Waals surface area contributed by atoms with Crippen molar-refractivity contribution >= 4 is 11.9 Å². The van der Waals surface area contributed by atoms with Gasteiger partial charge >= 0.3 is 0 Å². The van der Waals surface area contributed by atoms with E-state index in [1.165, 1.54) is 12.0 Å². The van der Waals surface area contributed by atoms with Crippen molar-refractivity contribution < 1.29 is 4.79 Å². The molecule has 1 aliphatic heterocycles. The van der Waals surface area contributed by atoms with Gasteiger partial charge in [0.15, 0.2) is 5.96 Å². The molecular weight excluding hydrogens is 364 g/mol. The Balaban J connectivity index is 1.52. The second-order valence-electron chi connectivity index (χ2n) is 7.60. The van der Waals surface area contributed by atoms with Crippen molar-refractivity contribution in [3.05, 3.63) is 52.3 Å². The third-order valence-electron chi connectivity index (χ3n) is 5.62. The summed E-state index contributed by atoms with van der Waals surface area (Å²) in [6.45, 7) is 7.16. The fraction of sp³-hybridized carbons (Fsp3) is 0.500. The normalized spacial score (nSPS) is 14.8. The summed E-state index contributed by atoms with van der Waals surface area (Å²) < 4.78 is 1.90. The maximum absolute atomic E-state index is 12.6. The van der Waals surface area contributed by atoms with E-state index in [-0.39, 0.29) is 5.91 Å². The van der Waals surface area contributed by atoms with Crippen molar-refractivity contribution in [3.63, 3.8) is 0 Å². The number of carbonyl (C=O) groups is 1. The van der Waals surface area contributed by atoms with E-state index in [1.807, 2.05) is 47.8 Å². The average Bonchev–Trinajstić information content (AvgIpc) is 3.00. The van der Waals surface area contributed by atoms with E-state index in [1.54, 1.807) is 7.05 Å². The summed E-state index contributed by atoms with van der Waals surface area (Å²) in [6, 6.07) is 7.86. The first kappa shape index (κ1) is 20.9. The second kappa shape index (κ2) is 9.58. The minimum Gasteiger partial charge on any atom is -0.352 e. The molecule has 0 spiro atoms. The number of piperidine rings is 1. The van der Waals surface area contributed by atoms with Crippen molar-refractivity contribution in [2.45, 2.75) is 46.2 Å². The van der Waals surface area contributed by atoms with Gasteiger partial charge in [0.1, 0.15) is 0 Å². The van der Waals surface area contributed by atoms with Crippen LogP contribution in [0.4, 0.5) is 0 Å². The van der Waals surface area contributed by atoms with Gasteiger partial charge in [0.05, 0.1) is 5.69 Å². The predicted molar refractivity (Wildman–Crippen MR) is 116 cm³/mol. The first-order chi connectivity index (χ1) is 14.0. The molecule has 29 heavy (non-hydrogen) atoms. The Morgan fingerprint density at radius 3 is 2.31 bits per heavy atom. The molecule has 2 N–H and O–H groups in total. The first-order valence-electron chi connectivity index (χ1n) is 10.3. The molecule has 1 fully saturated rings. The predicted octanol–water partition coefficient (Wildman–Crippen LogP) is 2.53. The lowest BCUT2D eigenvalue weighted by atomic mass is 10.1. The molecule has 0 radical (unpaired) electrons. The fourth-order valence-corrected chi connectivity index (χ4v) is 3.70. The minimum absolute atomic E-state index is 0.142. The van der Waals surface area contributed by atoms with Gasteiger partial charge in [0.2, 0.25) is 0 Å². The van der Waals surface area contributed by atoms with E-state index in [0.717, 1.165) is 54.4 Å². The Labute approximate surface area is 173 Å². The number of benzene rings is 1. The smallest absolute Gasteiger partial charge is 0.253 e. The largest absolute Gasteiger partial charge is 0.352 e. The molecule has 1 aromatic heterocycles. The molecular formula is C22H32N6O. The molecule has 3 rings (SSSR count). The summed E-state index contributed by atoms with van der Waals surface area (Å²) in [5, 5.41) is 11.1. The quantitative estimate of drug-likeness (QED) is 0.602. The van der Waals surface area contributed by atoms with Crippen LogP contribution in [-0.4, -0.2) is 46.7 Å². The Bertz CT molecular complexity index is 862. The van der Waals surface area contributed by atoms with Crippen LogP contribution in [0.2, 0.25) is 0 Å². The van der Waals surface area contributed by atoms with Crippen LogP contribution in [0.15, 0.2) is 29.3 Å². The maximum Gasteiger partial charge on any atom is 0.253 e. The maximum atomic E-state index is 12.6. The number of guanidine groups is 1. The summed E-state index contributed by atoms with van der Waals surface area (Å²) in [5.41, 5.74) is 5.25. The van der Waals surface area contributed by atoms with E-state index < -0.39 is 0 Å². The van der Waals surface area contributed by atoms with Crippen molar-refractivity contribution in [3.8, 4) is 0 Å². The number of hydrogen-bond acceptors (Lipinski definition) is 3. The number of nitrogens with zero attached hydrogens (tertiary/aromatic N) is 4. The molecule has 0 aliphatic carbocycles. The van der Waals surface area contributed by atoms with Gasteiger partial charge in [-0.15, -0.1) is 0 Å². The van der Waals surface area contributed by atoms with E-state index in [9.17, 15) is 4.79 Å². The lowest BCUT2D eigenvalue weighted by Gasteiger charge is -2.26. The zero-order valence-electron chi connectivity index (χ0n) is 18.0. The van der Waals surface area contributed by atoms with E-state index >= 15 is 0 Å². The molecule has 1 saturated heterocycles. The number of amides is 1. The van der Waals surface area contributed by atoms with E-state index in [4.69, 9.17) is 0 Å². The number of aromatic nitrogens is 2. The molecule has 0 bridgehead atoms. The number of hydrogen-bond donors (Lipinski definition) is 2. The molecule has 7 heteroatoms. The monoisotopic (exact) mass is 396 g/mol. The highest BCUT2D eigenvalue weighted by atomic mass is 16.2. The van der Waals surface area contributed by atoms with Crippen LogP contribution in [0.3, 0.4) is 0 Å². The van der Waals surface area contributed by atoms with Crippen LogP contribution in [0.25, 0.3) is 0 Å². The Hall–Kier alpha value is -2.83. The fourth-order valence-electron chi connectivity index (χ4n) is 3.70. The Kier molecular flexibility index (Phi) is 6.90. The first-order valence-corrected chi connectivity index (χ1v) is 10.3. The number of aliphatic imine (C=N–C) groups is 1. The summed E-state index contributed by atoms with van der Waals surface area (Å²) in [5.74, 6) is 0.880. The number of aryl methyl sites for hydroxylation is 2. The Morgan fingerprint density at radius 2 is 1.72 bits per heavy atom. The topological polar surface area (TPSA) is 74.6 Å². The third kappa shape index (κ3) is 5.16. The summed E-state index contributed by atoms with van der Waals surface area (Å²) >= 11 is 0. The number of rotatable bonds is 5. The standard InChI is InChI=1S/C22H32N6O/c1-16-20(17(2)27(4)26-16)15-25-22(23-3)24-14-18-8-10-19(11-9-18)21(29)28-12-6-5-7-13-28/h8-11H,5-7,12-15H2,1-4H3,(H2,23,24,25). The molecule has 1 amide bonds. The van der Waals surface area contributed by atoms with Crippen LogP contribution in [0.5, 0.6) is 0 Å². The summed E-state index contributed by atoms with van der Waals surface area (Å²) in [4.78, 5) is 18.8. The van der Waals surface area contributed by atoms with Gasteiger partial charge in [-0.25, -0.2) is 0 Å². The zero-order valence-corrected chi connectivity index (χ0v) is 18.0. The molecule has 7 nitrogen and oxygen atoms in total. The number of carbonyl (C=O) groups excluding carboxylic acids is 1. The molecule has 0 saturated carbocycles. The van der Waals surface area contributed by atoms with E-state index in [2.05, 4.69) is 27.6 Å². The minimum atomic E-state index is 0.142. The van der Waals surface area contributed by atoms with Crippen LogP contribution in [0, 0.1) is 13.8 Å². The highest BCUT2D eigenvalue weighted by Gasteiger charge is 2.17. The zero-order chi connectivity index (χ0) is 20.8. The van der Waals surface area contributed by atoms with Gasteiger partial charge in [0, 0.05) is 57.1 Å². The van der Waals surface area contributed by atoms with Gasteiger partial charge in [-0.2, -0.15) is 5.10 Å². The Morgan fingerprint density at radius 1 is 1.07 bits per heavy atom. The van der Waals surface area contributed by atoms with E-state index in [0.29, 0.717) is 13.1 Å². The lowest BCUT2D eigenvalue weighted by Crippen LogP contribution is -2.36. The summed E-state index contributed by atoms with van der Waals surface area (Å²) in [7, 11) is 3.72. The highest BCUT2D eigenvalue weighted by Crippen LogP contribution is 2.14. The van der Waals surface area contributed by atoms with Gasteiger partial charge < -0.3 is 15.5 Å². The van der Waals surface area contributed by atoms with Crippen LogP contribution in [-0.2, 0) is 20.1 Å². The summed E-state index contributed by atoms with van der Waals surface area (Å²) in [6.07, 6.45) is 3.44. The van der Waals surface area contributed by atoms with Crippen molar-refractivity contribution in [2.75, 3.05) is 20.1 Å². The average molecular weight is 397 g/mol. The van der Waals surface area contributed by atoms with Crippen molar-refractivity contribution in [1.29, 1.82) is 0 Å². The third-order valence-corrected chi connectivity index (χ3v) is 5.62. The molecule has 156 valence electrons. The molecule has 0 unspecified atom stereocenters.